The Morgan fingerprint density at radius 2 is 2.35 bits per heavy atom. The molecule has 0 radical (unpaired) electrons. The van der Waals surface area contributed by atoms with Gasteiger partial charge in [0.05, 0.1) is 17.2 Å². The zero-order valence-electron chi connectivity index (χ0n) is 11.6. The lowest BCUT2D eigenvalue weighted by Gasteiger charge is -2.37. The van der Waals surface area contributed by atoms with Gasteiger partial charge < -0.3 is 15.3 Å². The Bertz CT molecular complexity index is 503. The Morgan fingerprint density at radius 3 is 2.95 bits per heavy atom. The van der Waals surface area contributed by atoms with E-state index in [-0.39, 0.29) is 11.9 Å². The van der Waals surface area contributed by atoms with Crippen LogP contribution in [0.1, 0.15) is 30.5 Å². The molecule has 2 heterocycles. The maximum atomic E-state index is 12.2. The minimum absolute atomic E-state index is 0.0199. The van der Waals surface area contributed by atoms with Gasteiger partial charge in [-0.3, -0.25) is 0 Å². The average molecular weight is 297 g/mol. The van der Waals surface area contributed by atoms with E-state index in [9.17, 15) is 14.7 Å². The lowest BCUT2D eigenvalue weighted by Crippen LogP contribution is -2.54. The molecule has 1 aromatic heterocycles. The number of aromatic nitrogens is 1. The first-order valence-corrected chi connectivity index (χ1v) is 7.55. The van der Waals surface area contributed by atoms with E-state index >= 15 is 0 Å². The number of nitrogens with zero attached hydrogens (tertiary/aromatic N) is 2. The van der Waals surface area contributed by atoms with Crippen LogP contribution in [0.25, 0.3) is 0 Å². The molecule has 110 valence electrons. The molecule has 0 aromatic carbocycles. The molecule has 2 atom stereocenters. The normalized spacial score (nSPS) is 22.6. The first kappa shape index (κ1) is 14.8. The smallest absolute Gasteiger partial charge is 0.326 e. The van der Waals surface area contributed by atoms with Crippen molar-refractivity contribution < 1.29 is 14.7 Å². The Balaban J connectivity index is 1.97. The summed E-state index contributed by atoms with van der Waals surface area (Å²) >= 11 is 1.53. The summed E-state index contributed by atoms with van der Waals surface area (Å²) in [6.45, 7) is 4.61. The number of urea groups is 1. The highest BCUT2D eigenvalue weighted by Crippen LogP contribution is 2.23. The summed E-state index contributed by atoms with van der Waals surface area (Å²) in [5, 5.41) is 14.9. The van der Waals surface area contributed by atoms with Crippen LogP contribution in [0.4, 0.5) is 4.79 Å². The van der Waals surface area contributed by atoms with Crippen molar-refractivity contribution in [1.82, 2.24) is 15.2 Å². The van der Waals surface area contributed by atoms with Gasteiger partial charge in [-0.1, -0.05) is 6.92 Å². The number of aryl methyl sites for hydroxylation is 1. The number of carboxylic acids is 1. The van der Waals surface area contributed by atoms with Crippen molar-refractivity contribution in [2.75, 3.05) is 6.54 Å². The maximum absolute atomic E-state index is 12.2. The fourth-order valence-corrected chi connectivity index (χ4v) is 3.16. The van der Waals surface area contributed by atoms with Gasteiger partial charge >= 0.3 is 12.0 Å². The molecule has 0 aliphatic carbocycles. The van der Waals surface area contributed by atoms with Crippen LogP contribution in [0.3, 0.4) is 0 Å². The molecule has 1 aromatic rings. The molecule has 2 amide bonds. The Hall–Kier alpha value is -1.63. The number of piperidine rings is 1. The number of nitrogens with one attached hydrogen (secondary N) is 1. The predicted molar refractivity (Wildman–Crippen MR) is 75.6 cm³/mol. The van der Waals surface area contributed by atoms with Gasteiger partial charge in [-0.2, -0.15) is 0 Å². The Kier molecular flexibility index (Phi) is 4.59. The number of hydrogen-bond donors (Lipinski definition) is 2. The molecule has 0 spiro atoms. The summed E-state index contributed by atoms with van der Waals surface area (Å²) in [5.74, 6) is -0.953. The standard InChI is InChI=1S/C13H19N3O3S/c1-8-4-3-5-16(11(8)12(17)18)13(19)14-6-10-7-20-9(2)15-10/h7-8,11H,3-6H2,1-2H3,(H,14,19)(H,17,18). The van der Waals surface area contributed by atoms with Gasteiger partial charge in [0.25, 0.3) is 0 Å². The average Bonchev–Trinajstić information content (AvgIpc) is 2.81. The number of hydrogen-bond acceptors (Lipinski definition) is 4. The topological polar surface area (TPSA) is 82.5 Å². The lowest BCUT2D eigenvalue weighted by molar-refractivity contribution is -0.145. The molecule has 1 fully saturated rings. The summed E-state index contributed by atoms with van der Waals surface area (Å²) in [7, 11) is 0. The van der Waals surface area contributed by atoms with E-state index in [1.165, 1.54) is 16.2 Å². The third kappa shape index (κ3) is 3.27. The number of amides is 2. The highest BCUT2D eigenvalue weighted by Gasteiger charge is 2.36. The molecule has 2 N–H and O–H groups in total. The molecule has 20 heavy (non-hydrogen) atoms. The summed E-state index contributed by atoms with van der Waals surface area (Å²) < 4.78 is 0. The summed E-state index contributed by atoms with van der Waals surface area (Å²) in [4.78, 5) is 29.2. The van der Waals surface area contributed by atoms with Crippen molar-refractivity contribution in [2.24, 2.45) is 5.92 Å². The summed E-state index contributed by atoms with van der Waals surface area (Å²) in [6, 6.07) is -1.06. The van der Waals surface area contributed by atoms with Crippen molar-refractivity contribution in [3.8, 4) is 0 Å². The maximum Gasteiger partial charge on any atom is 0.326 e. The molecular weight excluding hydrogens is 278 g/mol. The van der Waals surface area contributed by atoms with E-state index in [0.29, 0.717) is 13.1 Å². The molecule has 1 aliphatic heterocycles. The predicted octanol–water partition coefficient (Wildman–Crippen LogP) is 1.85. The number of aliphatic carboxylic acids is 1. The summed E-state index contributed by atoms with van der Waals surface area (Å²) in [5.41, 5.74) is 0.804. The van der Waals surface area contributed by atoms with E-state index in [4.69, 9.17) is 0 Å². The first-order valence-electron chi connectivity index (χ1n) is 6.67. The minimum Gasteiger partial charge on any atom is -0.480 e. The van der Waals surface area contributed by atoms with Gasteiger partial charge in [-0.05, 0) is 25.7 Å². The number of carbonyl (C=O) groups is 2. The van der Waals surface area contributed by atoms with Gasteiger partial charge in [0, 0.05) is 11.9 Å². The zero-order valence-corrected chi connectivity index (χ0v) is 12.4. The third-order valence-electron chi connectivity index (χ3n) is 3.53. The van der Waals surface area contributed by atoms with E-state index in [1.54, 1.807) is 0 Å². The van der Waals surface area contributed by atoms with E-state index in [0.717, 1.165) is 23.5 Å². The molecule has 2 rings (SSSR count). The molecule has 6 nitrogen and oxygen atoms in total. The van der Waals surface area contributed by atoms with Crippen molar-refractivity contribution >= 4 is 23.3 Å². The molecule has 2 unspecified atom stereocenters. The van der Waals surface area contributed by atoms with Crippen LogP contribution in [0, 0.1) is 12.8 Å². The molecule has 0 saturated carbocycles. The van der Waals surface area contributed by atoms with Gasteiger partial charge in [-0.15, -0.1) is 11.3 Å². The molecular formula is C13H19N3O3S. The number of likely N-dealkylation sites (tertiary alicyclic amines) is 1. The highest BCUT2D eigenvalue weighted by molar-refractivity contribution is 7.09. The molecule has 1 aliphatic rings. The van der Waals surface area contributed by atoms with E-state index in [2.05, 4.69) is 10.3 Å². The first-order chi connectivity index (χ1) is 9.49. The van der Waals surface area contributed by atoms with Crippen molar-refractivity contribution in [3.63, 3.8) is 0 Å². The van der Waals surface area contributed by atoms with Gasteiger partial charge in [0.1, 0.15) is 6.04 Å². The van der Waals surface area contributed by atoms with Crippen LogP contribution in [-0.2, 0) is 11.3 Å². The fourth-order valence-electron chi connectivity index (χ4n) is 2.55. The zero-order chi connectivity index (χ0) is 14.7. The van der Waals surface area contributed by atoms with Gasteiger partial charge in [0.15, 0.2) is 0 Å². The largest absolute Gasteiger partial charge is 0.480 e. The molecule has 7 heteroatoms. The quantitative estimate of drug-likeness (QED) is 0.892. The van der Waals surface area contributed by atoms with Crippen LogP contribution in [0.15, 0.2) is 5.38 Å². The second-order valence-corrected chi connectivity index (χ2v) is 6.17. The van der Waals surface area contributed by atoms with Gasteiger partial charge in [0.2, 0.25) is 0 Å². The van der Waals surface area contributed by atoms with Crippen LogP contribution < -0.4 is 5.32 Å². The summed E-state index contributed by atoms with van der Waals surface area (Å²) in [6.07, 6.45) is 1.68. The van der Waals surface area contributed by atoms with Crippen molar-refractivity contribution in [3.05, 3.63) is 16.1 Å². The second-order valence-electron chi connectivity index (χ2n) is 5.11. The molecule has 1 saturated heterocycles. The number of rotatable bonds is 3. The van der Waals surface area contributed by atoms with Crippen LogP contribution >= 0.6 is 11.3 Å². The van der Waals surface area contributed by atoms with Crippen LogP contribution in [0.2, 0.25) is 0 Å². The molecule has 0 bridgehead atoms. The fraction of sp³-hybridized carbons (Fsp3) is 0.615. The van der Waals surface area contributed by atoms with E-state index in [1.807, 2.05) is 19.2 Å². The Morgan fingerprint density at radius 1 is 1.60 bits per heavy atom. The second kappa shape index (κ2) is 6.21. The number of carbonyl (C=O) groups excluding carboxylic acids is 1. The number of carboxylic acid groups (broad SMARTS) is 1. The van der Waals surface area contributed by atoms with Gasteiger partial charge in [-0.25, -0.2) is 14.6 Å². The minimum atomic E-state index is -0.933. The van der Waals surface area contributed by atoms with E-state index < -0.39 is 12.0 Å². The third-order valence-corrected chi connectivity index (χ3v) is 4.36. The SMILES string of the molecule is Cc1nc(CNC(=O)N2CCCC(C)C2C(=O)O)cs1. The number of thiazole rings is 1. The highest BCUT2D eigenvalue weighted by atomic mass is 32.1. The van der Waals surface area contributed by atoms with Crippen molar-refractivity contribution in [2.45, 2.75) is 39.3 Å². The van der Waals surface area contributed by atoms with Crippen molar-refractivity contribution in [1.29, 1.82) is 0 Å². The lowest BCUT2D eigenvalue weighted by atomic mass is 9.91. The van der Waals surface area contributed by atoms with Crippen LogP contribution in [-0.4, -0.2) is 39.6 Å². The monoisotopic (exact) mass is 297 g/mol. The Labute approximate surface area is 121 Å². The van der Waals surface area contributed by atoms with Crippen LogP contribution in [0.5, 0.6) is 0 Å².